The summed E-state index contributed by atoms with van der Waals surface area (Å²) in [5, 5.41) is 0. The van der Waals surface area contributed by atoms with Gasteiger partial charge in [0, 0.05) is 18.9 Å². The predicted molar refractivity (Wildman–Crippen MR) is 98.8 cm³/mol. The zero-order valence-electron chi connectivity index (χ0n) is 14.6. The minimum atomic E-state index is -0.148. The van der Waals surface area contributed by atoms with Gasteiger partial charge in [-0.25, -0.2) is 9.97 Å². The minimum absolute atomic E-state index is 0.106. The van der Waals surface area contributed by atoms with E-state index in [0.29, 0.717) is 36.2 Å². The Bertz CT molecular complexity index is 770. The SMILES string of the molecule is COc1cccc(C(=O)N2CCCC(Oc3ncc(Br)cn3)C2)c1OC. The van der Waals surface area contributed by atoms with Gasteiger partial charge in [-0.1, -0.05) is 6.07 Å². The maximum atomic E-state index is 13.0. The lowest BCUT2D eigenvalue weighted by atomic mass is 10.1. The van der Waals surface area contributed by atoms with Gasteiger partial charge in [0.1, 0.15) is 6.10 Å². The van der Waals surface area contributed by atoms with Gasteiger partial charge in [-0.2, -0.15) is 0 Å². The number of nitrogens with zero attached hydrogens (tertiary/aromatic N) is 3. The molecule has 1 fully saturated rings. The third-order valence-corrected chi connectivity index (χ3v) is 4.58. The number of ether oxygens (including phenoxy) is 3. The Labute approximate surface area is 160 Å². The quantitative estimate of drug-likeness (QED) is 0.738. The predicted octanol–water partition coefficient (Wildman–Crippen LogP) is 2.94. The number of benzene rings is 1. The highest BCUT2D eigenvalue weighted by atomic mass is 79.9. The first-order chi connectivity index (χ1) is 12.6. The molecule has 1 amide bonds. The van der Waals surface area contributed by atoms with Crippen molar-refractivity contribution in [2.45, 2.75) is 18.9 Å². The second kappa shape index (κ2) is 8.35. The summed E-state index contributed by atoms with van der Waals surface area (Å²) >= 11 is 3.29. The van der Waals surface area contributed by atoms with Crippen molar-refractivity contribution in [2.75, 3.05) is 27.3 Å². The van der Waals surface area contributed by atoms with Crippen molar-refractivity contribution in [1.29, 1.82) is 0 Å². The molecule has 8 heteroatoms. The highest BCUT2D eigenvalue weighted by Gasteiger charge is 2.28. The van der Waals surface area contributed by atoms with Crippen LogP contribution in [0.2, 0.25) is 0 Å². The van der Waals surface area contributed by atoms with Gasteiger partial charge in [-0.05, 0) is 40.9 Å². The maximum Gasteiger partial charge on any atom is 0.316 e. The van der Waals surface area contributed by atoms with E-state index in [4.69, 9.17) is 14.2 Å². The summed E-state index contributed by atoms with van der Waals surface area (Å²) in [6, 6.07) is 5.60. The van der Waals surface area contributed by atoms with Crippen LogP contribution in [0.3, 0.4) is 0 Å². The maximum absolute atomic E-state index is 13.0. The Morgan fingerprint density at radius 1 is 1.23 bits per heavy atom. The van der Waals surface area contributed by atoms with Crippen molar-refractivity contribution >= 4 is 21.8 Å². The fourth-order valence-corrected chi connectivity index (χ4v) is 3.16. The van der Waals surface area contributed by atoms with Crippen LogP contribution in [0, 0.1) is 0 Å². The van der Waals surface area contributed by atoms with Crippen LogP contribution in [0.25, 0.3) is 0 Å². The van der Waals surface area contributed by atoms with E-state index in [1.165, 1.54) is 7.11 Å². The molecular weight excluding hydrogens is 402 g/mol. The molecule has 1 aromatic heterocycles. The number of aromatic nitrogens is 2. The Morgan fingerprint density at radius 2 is 2.00 bits per heavy atom. The molecule has 0 spiro atoms. The Hall–Kier alpha value is -2.35. The topological polar surface area (TPSA) is 73.8 Å². The normalized spacial score (nSPS) is 16.9. The number of carbonyl (C=O) groups excluding carboxylic acids is 1. The van der Waals surface area contributed by atoms with Crippen molar-refractivity contribution in [2.24, 2.45) is 0 Å². The molecule has 1 unspecified atom stereocenters. The Morgan fingerprint density at radius 3 is 2.69 bits per heavy atom. The molecule has 1 atom stereocenters. The van der Waals surface area contributed by atoms with Crippen molar-refractivity contribution < 1.29 is 19.0 Å². The largest absolute Gasteiger partial charge is 0.493 e. The summed E-state index contributed by atoms with van der Waals surface area (Å²) in [6.45, 7) is 1.14. The van der Waals surface area contributed by atoms with Crippen molar-refractivity contribution in [1.82, 2.24) is 14.9 Å². The highest BCUT2D eigenvalue weighted by Crippen LogP contribution is 2.32. The average Bonchev–Trinajstić information content (AvgIpc) is 2.68. The van der Waals surface area contributed by atoms with Crippen LogP contribution in [0.5, 0.6) is 17.5 Å². The lowest BCUT2D eigenvalue weighted by Gasteiger charge is -2.32. The monoisotopic (exact) mass is 421 g/mol. The molecule has 1 saturated heterocycles. The van der Waals surface area contributed by atoms with Crippen LogP contribution in [-0.4, -0.2) is 54.2 Å². The molecule has 0 bridgehead atoms. The first kappa shape index (κ1) is 18.4. The minimum Gasteiger partial charge on any atom is -0.493 e. The number of para-hydroxylation sites is 1. The van der Waals surface area contributed by atoms with Crippen molar-refractivity contribution in [3.8, 4) is 17.5 Å². The molecule has 2 heterocycles. The fourth-order valence-electron chi connectivity index (χ4n) is 2.96. The summed E-state index contributed by atoms with van der Waals surface area (Å²) in [6.07, 6.45) is 4.81. The third kappa shape index (κ3) is 4.07. The molecule has 1 aromatic carbocycles. The van der Waals surface area contributed by atoms with Crippen LogP contribution in [-0.2, 0) is 0 Å². The lowest BCUT2D eigenvalue weighted by molar-refractivity contribution is 0.0512. The molecule has 3 rings (SSSR count). The number of methoxy groups -OCH3 is 2. The number of likely N-dealkylation sites (tertiary alicyclic amines) is 1. The van der Waals surface area contributed by atoms with Crippen LogP contribution in [0.1, 0.15) is 23.2 Å². The zero-order chi connectivity index (χ0) is 18.5. The standard InChI is InChI=1S/C18H20BrN3O4/c1-24-15-7-3-6-14(16(15)25-2)17(23)22-8-4-5-13(11-22)26-18-20-9-12(19)10-21-18/h3,6-7,9-10,13H,4-5,8,11H2,1-2H3. The van der Waals surface area contributed by atoms with Crippen LogP contribution >= 0.6 is 15.9 Å². The first-order valence-electron chi connectivity index (χ1n) is 8.27. The van der Waals surface area contributed by atoms with Crippen LogP contribution < -0.4 is 14.2 Å². The summed E-state index contributed by atoms with van der Waals surface area (Å²) in [7, 11) is 3.08. The van der Waals surface area contributed by atoms with Crippen molar-refractivity contribution in [3.05, 3.63) is 40.6 Å². The first-order valence-corrected chi connectivity index (χ1v) is 9.06. The van der Waals surface area contributed by atoms with E-state index in [2.05, 4.69) is 25.9 Å². The van der Waals surface area contributed by atoms with E-state index in [1.807, 2.05) is 0 Å². The lowest BCUT2D eigenvalue weighted by Crippen LogP contribution is -2.44. The van der Waals surface area contributed by atoms with Crippen LogP contribution in [0.4, 0.5) is 0 Å². The molecular formula is C18H20BrN3O4. The van der Waals surface area contributed by atoms with Gasteiger partial charge < -0.3 is 19.1 Å². The van der Waals surface area contributed by atoms with E-state index >= 15 is 0 Å². The summed E-state index contributed by atoms with van der Waals surface area (Å²) in [5.41, 5.74) is 0.479. The number of hydrogen-bond donors (Lipinski definition) is 0. The number of carbonyl (C=O) groups is 1. The molecule has 1 aliphatic rings. The van der Waals surface area contributed by atoms with E-state index in [-0.39, 0.29) is 12.0 Å². The third-order valence-electron chi connectivity index (χ3n) is 4.17. The van der Waals surface area contributed by atoms with E-state index in [1.54, 1.807) is 42.6 Å². The van der Waals surface area contributed by atoms with E-state index in [9.17, 15) is 4.79 Å². The van der Waals surface area contributed by atoms with E-state index < -0.39 is 0 Å². The number of halogens is 1. The number of amides is 1. The van der Waals surface area contributed by atoms with Gasteiger partial charge >= 0.3 is 6.01 Å². The summed E-state index contributed by atoms with van der Waals surface area (Å²) < 4.78 is 17.3. The van der Waals surface area contributed by atoms with Gasteiger partial charge in [-0.3, -0.25) is 4.79 Å². The van der Waals surface area contributed by atoms with Gasteiger partial charge in [0.05, 0.1) is 30.8 Å². The second-order valence-electron chi connectivity index (χ2n) is 5.86. The van der Waals surface area contributed by atoms with Gasteiger partial charge in [-0.15, -0.1) is 0 Å². The number of rotatable bonds is 5. The zero-order valence-corrected chi connectivity index (χ0v) is 16.2. The molecule has 0 aliphatic carbocycles. The second-order valence-corrected chi connectivity index (χ2v) is 6.77. The van der Waals surface area contributed by atoms with Gasteiger partial charge in [0.25, 0.3) is 5.91 Å². The summed E-state index contributed by atoms with van der Waals surface area (Å²) in [4.78, 5) is 23.0. The van der Waals surface area contributed by atoms with Crippen LogP contribution in [0.15, 0.2) is 35.1 Å². The smallest absolute Gasteiger partial charge is 0.316 e. The average molecular weight is 422 g/mol. The Kier molecular flexibility index (Phi) is 5.92. The molecule has 7 nitrogen and oxygen atoms in total. The fraction of sp³-hybridized carbons (Fsp3) is 0.389. The van der Waals surface area contributed by atoms with E-state index in [0.717, 1.165) is 17.3 Å². The molecule has 0 saturated carbocycles. The summed E-state index contributed by atoms with van der Waals surface area (Å²) in [5.74, 6) is 0.872. The molecule has 138 valence electrons. The van der Waals surface area contributed by atoms with Gasteiger partial charge in [0.15, 0.2) is 11.5 Å². The molecule has 0 N–H and O–H groups in total. The number of piperidine rings is 1. The van der Waals surface area contributed by atoms with Crippen molar-refractivity contribution in [3.63, 3.8) is 0 Å². The molecule has 2 aromatic rings. The van der Waals surface area contributed by atoms with Gasteiger partial charge in [0.2, 0.25) is 0 Å². The molecule has 0 radical (unpaired) electrons. The molecule has 1 aliphatic heterocycles. The Balaban J connectivity index is 1.73. The molecule has 26 heavy (non-hydrogen) atoms. The highest BCUT2D eigenvalue weighted by molar-refractivity contribution is 9.10. The number of hydrogen-bond acceptors (Lipinski definition) is 6.